The fraction of sp³-hybridized carbons (Fsp3) is 0.167. The molecule has 1 heterocycles. The minimum atomic E-state index is -4.42. The van der Waals surface area contributed by atoms with Crippen molar-refractivity contribution in [2.75, 3.05) is 11.9 Å². The van der Waals surface area contributed by atoms with Crippen molar-refractivity contribution in [2.45, 2.75) is 12.6 Å². The molecule has 124 valence electrons. The summed E-state index contributed by atoms with van der Waals surface area (Å²) in [4.78, 5) is 3.91. The summed E-state index contributed by atoms with van der Waals surface area (Å²) in [5.74, 6) is 0. The van der Waals surface area contributed by atoms with Crippen molar-refractivity contribution >= 4 is 28.2 Å². The minimum Gasteiger partial charge on any atom is -0.384 e. The Morgan fingerprint density at radius 2 is 1.75 bits per heavy atom. The molecular formula is C18H14ClF3N2. The predicted molar refractivity (Wildman–Crippen MR) is 90.4 cm³/mol. The highest BCUT2D eigenvalue weighted by Gasteiger charge is 2.33. The SMILES string of the molecule is FC(F)(F)c1cccc2c(NCCc3ccc(Cl)cc3)ccnc12. The van der Waals surface area contributed by atoms with Crippen molar-refractivity contribution < 1.29 is 13.2 Å². The Balaban J connectivity index is 1.81. The average Bonchev–Trinajstić information content (AvgIpc) is 2.55. The maximum Gasteiger partial charge on any atom is 0.418 e. The van der Waals surface area contributed by atoms with Crippen LogP contribution in [-0.4, -0.2) is 11.5 Å². The number of hydrogen-bond donors (Lipinski definition) is 1. The van der Waals surface area contributed by atoms with Gasteiger partial charge in [-0.15, -0.1) is 0 Å². The average molecular weight is 351 g/mol. The second-order valence-corrected chi connectivity index (χ2v) is 5.80. The van der Waals surface area contributed by atoms with Crippen molar-refractivity contribution in [3.8, 4) is 0 Å². The van der Waals surface area contributed by atoms with Gasteiger partial charge in [0.25, 0.3) is 0 Å². The first-order valence-electron chi connectivity index (χ1n) is 7.38. The van der Waals surface area contributed by atoms with Gasteiger partial charge in [-0.3, -0.25) is 4.98 Å². The number of hydrogen-bond acceptors (Lipinski definition) is 2. The van der Waals surface area contributed by atoms with Gasteiger partial charge in [0, 0.05) is 28.8 Å². The molecule has 0 bridgehead atoms. The first-order chi connectivity index (χ1) is 11.4. The lowest BCUT2D eigenvalue weighted by Gasteiger charge is -2.13. The van der Waals surface area contributed by atoms with E-state index in [0.29, 0.717) is 22.6 Å². The van der Waals surface area contributed by atoms with E-state index in [1.165, 1.54) is 12.3 Å². The summed E-state index contributed by atoms with van der Waals surface area (Å²) in [6.45, 7) is 0.594. The van der Waals surface area contributed by atoms with E-state index in [1.807, 2.05) is 24.3 Å². The van der Waals surface area contributed by atoms with E-state index in [9.17, 15) is 13.2 Å². The summed E-state index contributed by atoms with van der Waals surface area (Å²) in [6.07, 6.45) is -2.30. The molecule has 1 aromatic heterocycles. The van der Waals surface area contributed by atoms with Crippen LogP contribution >= 0.6 is 11.6 Å². The molecule has 24 heavy (non-hydrogen) atoms. The monoisotopic (exact) mass is 350 g/mol. The topological polar surface area (TPSA) is 24.9 Å². The lowest BCUT2D eigenvalue weighted by atomic mass is 10.1. The molecule has 3 rings (SSSR count). The minimum absolute atomic E-state index is 0.0403. The van der Waals surface area contributed by atoms with Crippen LogP contribution in [0.3, 0.4) is 0 Å². The molecule has 2 aromatic carbocycles. The van der Waals surface area contributed by atoms with Crippen LogP contribution in [0.2, 0.25) is 5.02 Å². The summed E-state index contributed by atoms with van der Waals surface area (Å²) in [6, 6.07) is 13.3. The number of para-hydroxylation sites is 1. The normalized spacial score (nSPS) is 11.7. The Bertz CT molecular complexity index is 845. The van der Waals surface area contributed by atoms with Crippen LogP contribution in [0.1, 0.15) is 11.1 Å². The van der Waals surface area contributed by atoms with Crippen molar-refractivity contribution in [2.24, 2.45) is 0 Å². The molecular weight excluding hydrogens is 337 g/mol. The highest BCUT2D eigenvalue weighted by molar-refractivity contribution is 6.30. The van der Waals surface area contributed by atoms with Gasteiger partial charge >= 0.3 is 6.18 Å². The number of fused-ring (bicyclic) bond motifs is 1. The van der Waals surface area contributed by atoms with Crippen LogP contribution in [0.25, 0.3) is 10.9 Å². The molecule has 0 unspecified atom stereocenters. The van der Waals surface area contributed by atoms with Crippen molar-refractivity contribution in [1.82, 2.24) is 4.98 Å². The summed E-state index contributed by atoms with van der Waals surface area (Å²) < 4.78 is 39.3. The van der Waals surface area contributed by atoms with Crippen molar-refractivity contribution in [3.63, 3.8) is 0 Å². The third kappa shape index (κ3) is 3.62. The van der Waals surface area contributed by atoms with E-state index in [4.69, 9.17) is 11.6 Å². The number of aromatic nitrogens is 1. The fourth-order valence-electron chi connectivity index (χ4n) is 2.55. The zero-order chi connectivity index (χ0) is 17.2. The number of alkyl halides is 3. The van der Waals surface area contributed by atoms with Gasteiger partial charge in [-0.2, -0.15) is 13.2 Å². The number of benzene rings is 2. The first-order valence-corrected chi connectivity index (χ1v) is 7.76. The molecule has 0 amide bonds. The second-order valence-electron chi connectivity index (χ2n) is 5.36. The second kappa shape index (κ2) is 6.69. The maximum atomic E-state index is 13.1. The van der Waals surface area contributed by atoms with Crippen LogP contribution in [0, 0.1) is 0 Å². The quantitative estimate of drug-likeness (QED) is 0.666. The van der Waals surface area contributed by atoms with E-state index in [1.54, 1.807) is 12.1 Å². The van der Waals surface area contributed by atoms with E-state index >= 15 is 0 Å². The van der Waals surface area contributed by atoms with Gasteiger partial charge in [0.1, 0.15) is 0 Å². The Hall–Kier alpha value is -2.27. The first kappa shape index (κ1) is 16.6. The molecule has 0 saturated carbocycles. The molecule has 0 aliphatic heterocycles. The number of nitrogens with zero attached hydrogens (tertiary/aromatic N) is 1. The summed E-state index contributed by atoms with van der Waals surface area (Å²) >= 11 is 5.84. The third-order valence-corrected chi connectivity index (χ3v) is 3.97. The number of nitrogens with one attached hydrogen (secondary N) is 1. The molecule has 3 aromatic rings. The molecule has 0 radical (unpaired) electrons. The Morgan fingerprint density at radius 3 is 2.46 bits per heavy atom. The molecule has 0 fully saturated rings. The van der Waals surface area contributed by atoms with Gasteiger partial charge in [0.05, 0.1) is 11.1 Å². The number of halogens is 4. The van der Waals surface area contributed by atoms with Crippen molar-refractivity contribution in [3.05, 3.63) is 70.9 Å². The van der Waals surface area contributed by atoms with Crippen molar-refractivity contribution in [1.29, 1.82) is 0 Å². The standard InChI is InChI=1S/C18H14ClF3N2/c19-13-6-4-12(5-7-13)8-10-23-16-9-11-24-17-14(16)2-1-3-15(17)18(20,21)22/h1-7,9,11H,8,10H2,(H,23,24). The molecule has 0 saturated heterocycles. The van der Waals surface area contributed by atoms with Gasteiger partial charge < -0.3 is 5.32 Å². The lowest BCUT2D eigenvalue weighted by molar-refractivity contribution is -0.136. The zero-order valence-corrected chi connectivity index (χ0v) is 13.3. The van der Waals surface area contributed by atoms with Crippen LogP contribution in [0.5, 0.6) is 0 Å². The van der Waals surface area contributed by atoms with Crippen LogP contribution in [0.4, 0.5) is 18.9 Å². The maximum absolute atomic E-state index is 13.1. The number of pyridine rings is 1. The van der Waals surface area contributed by atoms with E-state index in [0.717, 1.165) is 18.1 Å². The molecule has 6 heteroatoms. The molecule has 2 nitrogen and oxygen atoms in total. The van der Waals surface area contributed by atoms with E-state index in [-0.39, 0.29) is 5.52 Å². The molecule has 1 N–H and O–H groups in total. The zero-order valence-electron chi connectivity index (χ0n) is 12.6. The fourth-order valence-corrected chi connectivity index (χ4v) is 2.68. The molecule has 0 aliphatic rings. The third-order valence-electron chi connectivity index (χ3n) is 3.72. The summed E-state index contributed by atoms with van der Waals surface area (Å²) in [7, 11) is 0. The van der Waals surface area contributed by atoms with Gasteiger partial charge in [-0.05, 0) is 36.2 Å². The molecule has 0 aliphatic carbocycles. The highest BCUT2D eigenvalue weighted by atomic mass is 35.5. The van der Waals surface area contributed by atoms with Crippen LogP contribution in [0.15, 0.2) is 54.7 Å². The largest absolute Gasteiger partial charge is 0.418 e. The Kier molecular flexibility index (Phi) is 4.62. The Labute approximate surface area is 142 Å². The molecule has 0 atom stereocenters. The van der Waals surface area contributed by atoms with Gasteiger partial charge in [0.15, 0.2) is 0 Å². The summed E-state index contributed by atoms with van der Waals surface area (Å²) in [5.41, 5.74) is 0.976. The Morgan fingerprint density at radius 1 is 1.00 bits per heavy atom. The highest BCUT2D eigenvalue weighted by Crippen LogP contribution is 2.35. The predicted octanol–water partition coefficient (Wildman–Crippen LogP) is 5.56. The summed E-state index contributed by atoms with van der Waals surface area (Å²) in [5, 5.41) is 4.32. The van der Waals surface area contributed by atoms with Gasteiger partial charge in [-0.1, -0.05) is 35.9 Å². The number of rotatable bonds is 4. The smallest absolute Gasteiger partial charge is 0.384 e. The number of anilines is 1. The van der Waals surface area contributed by atoms with Crippen LogP contribution in [-0.2, 0) is 12.6 Å². The van der Waals surface area contributed by atoms with Gasteiger partial charge in [0.2, 0.25) is 0 Å². The lowest BCUT2D eigenvalue weighted by Crippen LogP contribution is -2.08. The van der Waals surface area contributed by atoms with E-state index < -0.39 is 11.7 Å². The molecule has 0 spiro atoms. The van der Waals surface area contributed by atoms with Crippen LogP contribution < -0.4 is 5.32 Å². The van der Waals surface area contributed by atoms with E-state index in [2.05, 4.69) is 10.3 Å². The van der Waals surface area contributed by atoms with Gasteiger partial charge in [-0.25, -0.2) is 0 Å².